The van der Waals surface area contributed by atoms with E-state index in [4.69, 9.17) is 21.1 Å². The number of halogens is 1. The first-order valence-electron chi connectivity index (χ1n) is 15.3. The summed E-state index contributed by atoms with van der Waals surface area (Å²) in [6.07, 6.45) is 2.60. The molecular formula is C33H41ClN4O7. The number of esters is 1. The fourth-order valence-corrected chi connectivity index (χ4v) is 5.76. The molecule has 0 spiro atoms. The first-order chi connectivity index (χ1) is 21.6. The van der Waals surface area contributed by atoms with E-state index in [1.807, 2.05) is 6.07 Å². The van der Waals surface area contributed by atoms with Crippen LogP contribution in [-0.4, -0.2) is 78.4 Å². The van der Waals surface area contributed by atoms with Crippen LogP contribution in [0.3, 0.4) is 0 Å². The predicted molar refractivity (Wildman–Crippen MR) is 168 cm³/mol. The standard InChI is InChI=1S/C33H41ClN4O7/c1-4-33(2)32(43)36-25(19-21-15-16-23(34)27(20-21)44-3)30(41)38-17-10-14-26(38)29(40)35-24(28(39)37-33)13-8-9-18-45-31(42)22-11-6-5-7-12-22/h5-7,11-12,15-16,20,24-26H,4,8-10,13-14,17-19H2,1-3H3,(H,35,40)(H,36,43)(H,37,39)/t24-,25-,26+,33-/m0/s1. The number of benzene rings is 2. The first-order valence-corrected chi connectivity index (χ1v) is 15.7. The van der Waals surface area contributed by atoms with Gasteiger partial charge in [-0.15, -0.1) is 0 Å². The topological polar surface area (TPSA) is 143 Å². The lowest BCUT2D eigenvalue weighted by Gasteiger charge is -2.36. The lowest BCUT2D eigenvalue weighted by atomic mass is 9.94. The van der Waals surface area contributed by atoms with Gasteiger partial charge < -0.3 is 30.3 Å². The number of unbranched alkanes of at least 4 members (excludes halogenated alkanes) is 1. The minimum Gasteiger partial charge on any atom is -0.495 e. The molecule has 12 heteroatoms. The van der Waals surface area contributed by atoms with Crippen LogP contribution in [-0.2, 0) is 30.3 Å². The number of methoxy groups -OCH3 is 1. The summed E-state index contributed by atoms with van der Waals surface area (Å²) in [5.41, 5.74) is -0.198. The molecule has 2 aliphatic heterocycles. The van der Waals surface area contributed by atoms with E-state index in [9.17, 15) is 24.0 Å². The molecule has 0 unspecified atom stereocenters. The second-order valence-electron chi connectivity index (χ2n) is 11.6. The minimum atomic E-state index is -1.36. The zero-order valence-corrected chi connectivity index (χ0v) is 26.7. The number of nitrogens with zero attached hydrogens (tertiary/aromatic N) is 1. The number of ether oxygens (including phenoxy) is 2. The van der Waals surface area contributed by atoms with Crippen LogP contribution in [0.2, 0.25) is 5.02 Å². The van der Waals surface area contributed by atoms with Crippen molar-refractivity contribution >= 4 is 41.2 Å². The van der Waals surface area contributed by atoms with E-state index in [2.05, 4.69) is 16.0 Å². The van der Waals surface area contributed by atoms with Gasteiger partial charge in [0.05, 0.1) is 24.3 Å². The number of hydrogen-bond donors (Lipinski definition) is 3. The molecule has 0 bridgehead atoms. The molecule has 2 aromatic rings. The molecule has 0 aromatic heterocycles. The molecule has 0 aliphatic carbocycles. The van der Waals surface area contributed by atoms with Gasteiger partial charge in [0, 0.05) is 13.0 Å². The van der Waals surface area contributed by atoms with Gasteiger partial charge in [0.15, 0.2) is 0 Å². The maximum Gasteiger partial charge on any atom is 0.338 e. The van der Waals surface area contributed by atoms with E-state index in [1.54, 1.807) is 56.3 Å². The van der Waals surface area contributed by atoms with Crippen LogP contribution in [0.5, 0.6) is 5.75 Å². The van der Waals surface area contributed by atoms with Crippen LogP contribution in [0, 0.1) is 0 Å². The molecule has 11 nitrogen and oxygen atoms in total. The molecule has 0 saturated carbocycles. The Labute approximate surface area is 268 Å². The molecule has 3 N–H and O–H groups in total. The molecule has 0 radical (unpaired) electrons. The molecule has 2 saturated heterocycles. The maximum atomic E-state index is 14.0. The fraction of sp³-hybridized carbons (Fsp3) is 0.485. The second-order valence-corrected chi connectivity index (χ2v) is 12.0. The number of carbonyl (C=O) groups is 5. The molecular weight excluding hydrogens is 600 g/mol. The third-order valence-electron chi connectivity index (χ3n) is 8.47. The highest BCUT2D eigenvalue weighted by Crippen LogP contribution is 2.27. The molecule has 242 valence electrons. The molecule has 2 heterocycles. The average molecular weight is 641 g/mol. The van der Waals surface area contributed by atoms with Crippen LogP contribution in [0.4, 0.5) is 0 Å². The van der Waals surface area contributed by atoms with Crippen LogP contribution in [0.15, 0.2) is 48.5 Å². The van der Waals surface area contributed by atoms with Crippen molar-refractivity contribution in [3.63, 3.8) is 0 Å². The summed E-state index contributed by atoms with van der Waals surface area (Å²) in [6.45, 7) is 3.86. The fourth-order valence-electron chi connectivity index (χ4n) is 5.56. The molecule has 45 heavy (non-hydrogen) atoms. The Morgan fingerprint density at radius 2 is 1.78 bits per heavy atom. The van der Waals surface area contributed by atoms with Crippen molar-refractivity contribution in [2.75, 3.05) is 20.3 Å². The summed E-state index contributed by atoms with van der Waals surface area (Å²) in [6, 6.07) is 11.0. The Kier molecular flexibility index (Phi) is 11.4. The van der Waals surface area contributed by atoms with Crippen molar-refractivity contribution in [1.82, 2.24) is 20.9 Å². The van der Waals surface area contributed by atoms with Crippen molar-refractivity contribution < 1.29 is 33.4 Å². The zero-order valence-electron chi connectivity index (χ0n) is 25.9. The summed E-state index contributed by atoms with van der Waals surface area (Å²) in [5.74, 6) is -1.81. The van der Waals surface area contributed by atoms with E-state index in [0.29, 0.717) is 54.1 Å². The highest BCUT2D eigenvalue weighted by Gasteiger charge is 2.43. The lowest BCUT2D eigenvalue weighted by Crippen LogP contribution is -2.65. The van der Waals surface area contributed by atoms with Crippen molar-refractivity contribution in [2.24, 2.45) is 0 Å². The van der Waals surface area contributed by atoms with E-state index < -0.39 is 47.4 Å². The van der Waals surface area contributed by atoms with Crippen LogP contribution < -0.4 is 20.7 Å². The van der Waals surface area contributed by atoms with Gasteiger partial charge in [-0.1, -0.05) is 42.8 Å². The molecule has 4 atom stereocenters. The van der Waals surface area contributed by atoms with Crippen molar-refractivity contribution in [1.29, 1.82) is 0 Å². The number of rotatable bonds is 10. The van der Waals surface area contributed by atoms with Gasteiger partial charge in [0.1, 0.15) is 29.4 Å². The van der Waals surface area contributed by atoms with Gasteiger partial charge in [-0.25, -0.2) is 4.79 Å². The maximum absolute atomic E-state index is 14.0. The number of amides is 4. The summed E-state index contributed by atoms with van der Waals surface area (Å²) in [7, 11) is 1.49. The van der Waals surface area contributed by atoms with Gasteiger partial charge in [-0.3, -0.25) is 19.2 Å². The number of carbonyl (C=O) groups excluding carboxylic acids is 5. The Bertz CT molecular complexity index is 1400. The van der Waals surface area contributed by atoms with Crippen molar-refractivity contribution in [3.8, 4) is 5.75 Å². The summed E-state index contributed by atoms with van der Waals surface area (Å²) >= 11 is 6.19. The van der Waals surface area contributed by atoms with E-state index in [1.165, 1.54) is 12.0 Å². The van der Waals surface area contributed by atoms with Gasteiger partial charge in [0.25, 0.3) is 0 Å². The summed E-state index contributed by atoms with van der Waals surface area (Å²) in [4.78, 5) is 68.5. The Hall–Kier alpha value is -4.12. The number of nitrogens with one attached hydrogen (secondary N) is 3. The largest absolute Gasteiger partial charge is 0.495 e. The second kappa shape index (κ2) is 15.2. The van der Waals surface area contributed by atoms with Crippen molar-refractivity contribution in [3.05, 3.63) is 64.7 Å². The quantitative estimate of drug-likeness (QED) is 0.267. The molecule has 4 amide bonds. The summed E-state index contributed by atoms with van der Waals surface area (Å²) < 4.78 is 10.7. The van der Waals surface area contributed by atoms with Gasteiger partial charge in [0.2, 0.25) is 23.6 Å². The monoisotopic (exact) mass is 640 g/mol. The lowest BCUT2D eigenvalue weighted by molar-refractivity contribution is -0.144. The molecule has 4 rings (SSSR count). The molecule has 2 fully saturated rings. The van der Waals surface area contributed by atoms with E-state index in [0.717, 1.165) is 0 Å². The van der Waals surface area contributed by atoms with Crippen LogP contribution >= 0.6 is 11.6 Å². The average Bonchev–Trinajstić information content (AvgIpc) is 3.54. The summed E-state index contributed by atoms with van der Waals surface area (Å²) in [5, 5.41) is 8.97. The smallest absolute Gasteiger partial charge is 0.338 e. The number of hydrogen-bond acceptors (Lipinski definition) is 7. The van der Waals surface area contributed by atoms with Crippen LogP contribution in [0.25, 0.3) is 0 Å². The minimum absolute atomic E-state index is 0.133. The van der Waals surface area contributed by atoms with E-state index >= 15 is 0 Å². The third-order valence-corrected chi connectivity index (χ3v) is 8.78. The van der Waals surface area contributed by atoms with Gasteiger partial charge >= 0.3 is 5.97 Å². The normalized spacial score (nSPS) is 24.0. The first kappa shape index (κ1) is 33.8. The van der Waals surface area contributed by atoms with Crippen molar-refractivity contribution in [2.45, 2.75) is 82.5 Å². The Morgan fingerprint density at radius 1 is 1.02 bits per heavy atom. The highest BCUT2D eigenvalue weighted by atomic mass is 35.5. The van der Waals surface area contributed by atoms with Crippen LogP contribution in [0.1, 0.15) is 68.3 Å². The third kappa shape index (κ3) is 8.33. The van der Waals surface area contributed by atoms with Gasteiger partial charge in [-0.2, -0.15) is 0 Å². The van der Waals surface area contributed by atoms with Gasteiger partial charge in [-0.05, 0) is 75.3 Å². The van der Waals surface area contributed by atoms with E-state index in [-0.39, 0.29) is 31.8 Å². The molecule has 2 aromatic carbocycles. The Morgan fingerprint density at radius 3 is 2.49 bits per heavy atom. The Balaban J connectivity index is 1.50. The predicted octanol–water partition coefficient (Wildman–Crippen LogP) is 3.18. The highest BCUT2D eigenvalue weighted by molar-refractivity contribution is 6.32. The zero-order chi connectivity index (χ0) is 32.6. The SMILES string of the molecule is CC[C@]1(C)NC(=O)[C@H](CCCCOC(=O)c2ccccc2)NC(=O)[C@H]2CCCN2C(=O)[C@H](Cc2ccc(Cl)c(OC)c2)NC1=O. The molecule has 2 aliphatic rings. The number of fused-ring (bicyclic) bond motifs is 1.